The fraction of sp³-hybridized carbons (Fsp3) is 0.611. The predicted molar refractivity (Wildman–Crippen MR) is 85.6 cm³/mol. The molecule has 0 amide bonds. The molecule has 0 radical (unpaired) electrons. The molecule has 23 heavy (non-hydrogen) atoms. The van der Waals surface area contributed by atoms with Crippen molar-refractivity contribution in [3.05, 3.63) is 29.5 Å². The minimum atomic E-state index is -4.26. The maximum absolute atomic E-state index is 12.9. The molecule has 0 aliphatic heterocycles. The Balaban J connectivity index is 2.04. The number of halogens is 3. The molecule has 5 heteroatoms. The van der Waals surface area contributed by atoms with Crippen LogP contribution in [0.4, 0.5) is 13.2 Å². The zero-order valence-electron chi connectivity index (χ0n) is 14.0. The van der Waals surface area contributed by atoms with Crippen LogP contribution in [0.3, 0.4) is 0 Å². The Hall–Kier alpha value is -1.52. The van der Waals surface area contributed by atoms with Gasteiger partial charge in [-0.3, -0.25) is 4.68 Å². The van der Waals surface area contributed by atoms with Crippen molar-refractivity contribution in [2.45, 2.75) is 58.7 Å². The fourth-order valence-corrected chi connectivity index (χ4v) is 3.50. The van der Waals surface area contributed by atoms with Gasteiger partial charge in [0.1, 0.15) is 6.54 Å². The summed E-state index contributed by atoms with van der Waals surface area (Å²) in [5, 5.41) is 5.09. The highest BCUT2D eigenvalue weighted by molar-refractivity contribution is 5.83. The Kier molecular flexibility index (Phi) is 3.93. The van der Waals surface area contributed by atoms with Gasteiger partial charge in [-0.15, -0.1) is 0 Å². The first-order valence-electron chi connectivity index (χ1n) is 8.24. The van der Waals surface area contributed by atoms with Crippen LogP contribution in [0.25, 0.3) is 10.9 Å². The van der Waals surface area contributed by atoms with E-state index >= 15 is 0 Å². The molecule has 2 aromatic rings. The van der Waals surface area contributed by atoms with Crippen molar-refractivity contribution in [2.24, 2.45) is 11.8 Å². The highest BCUT2D eigenvalue weighted by atomic mass is 19.4. The van der Waals surface area contributed by atoms with Crippen LogP contribution in [0, 0.1) is 11.8 Å². The predicted octanol–water partition coefficient (Wildman–Crippen LogP) is 5.48. The Bertz CT molecular complexity index is 713. The monoisotopic (exact) mass is 324 g/mol. The number of alkyl halides is 3. The Morgan fingerprint density at radius 1 is 1.22 bits per heavy atom. The molecule has 2 atom stereocenters. The van der Waals surface area contributed by atoms with Crippen LogP contribution < -0.4 is 0 Å². The second kappa shape index (κ2) is 5.53. The van der Waals surface area contributed by atoms with E-state index in [1.165, 1.54) is 0 Å². The molecule has 1 heterocycles. The van der Waals surface area contributed by atoms with Crippen molar-refractivity contribution in [3.63, 3.8) is 0 Å². The summed E-state index contributed by atoms with van der Waals surface area (Å²) in [6, 6.07) is 5.95. The van der Waals surface area contributed by atoms with Crippen molar-refractivity contribution in [2.75, 3.05) is 0 Å². The van der Waals surface area contributed by atoms with Crippen LogP contribution in [-0.4, -0.2) is 16.0 Å². The molecule has 1 aromatic carbocycles. The van der Waals surface area contributed by atoms with E-state index in [2.05, 4.69) is 25.0 Å². The van der Waals surface area contributed by atoms with Gasteiger partial charge >= 0.3 is 6.18 Å². The van der Waals surface area contributed by atoms with E-state index < -0.39 is 12.7 Å². The summed E-state index contributed by atoms with van der Waals surface area (Å²) in [7, 11) is 0. The number of hydrogen-bond acceptors (Lipinski definition) is 1. The van der Waals surface area contributed by atoms with Gasteiger partial charge in [0.2, 0.25) is 0 Å². The summed E-state index contributed by atoms with van der Waals surface area (Å²) >= 11 is 0. The average Bonchev–Trinajstić information content (AvgIpc) is 3.15. The van der Waals surface area contributed by atoms with Gasteiger partial charge in [0.25, 0.3) is 0 Å². The minimum Gasteiger partial charge on any atom is -0.255 e. The maximum Gasteiger partial charge on any atom is 0.408 e. The summed E-state index contributed by atoms with van der Waals surface area (Å²) in [6.07, 6.45) is -3.13. The average molecular weight is 324 g/mol. The van der Waals surface area contributed by atoms with Crippen LogP contribution in [0.15, 0.2) is 18.2 Å². The summed E-state index contributed by atoms with van der Waals surface area (Å²) in [5.41, 5.74) is 2.50. The Morgan fingerprint density at radius 2 is 1.91 bits per heavy atom. The van der Waals surface area contributed by atoms with E-state index in [0.29, 0.717) is 23.3 Å². The standard InChI is InChI=1S/C18H23F3N2/c1-10(2)14-8-15(14)12-5-6-13-16(7-12)23(9-18(19,20)21)22-17(13)11(3)4/h5-7,10-11,14-15H,8-9H2,1-4H3/t14?,15-/m1/s1. The number of nitrogens with zero attached hydrogens (tertiary/aromatic N) is 2. The largest absolute Gasteiger partial charge is 0.408 e. The van der Waals surface area contributed by atoms with Gasteiger partial charge < -0.3 is 0 Å². The molecule has 0 saturated heterocycles. The van der Waals surface area contributed by atoms with Crippen molar-refractivity contribution in [1.82, 2.24) is 9.78 Å². The zero-order chi connectivity index (χ0) is 16.9. The van der Waals surface area contributed by atoms with Gasteiger partial charge in [-0.05, 0) is 41.7 Å². The normalized spacial score (nSPS) is 21.6. The summed E-state index contributed by atoms with van der Waals surface area (Å²) in [6.45, 7) is 7.30. The second-order valence-corrected chi connectivity index (χ2v) is 7.34. The molecule has 1 aliphatic carbocycles. The molecule has 0 spiro atoms. The molecule has 1 saturated carbocycles. The van der Waals surface area contributed by atoms with Crippen LogP contribution in [0.1, 0.15) is 57.2 Å². The first-order valence-corrected chi connectivity index (χ1v) is 8.24. The smallest absolute Gasteiger partial charge is 0.255 e. The molecule has 3 rings (SSSR count). The Labute approximate surface area is 134 Å². The number of aromatic nitrogens is 2. The molecule has 126 valence electrons. The van der Waals surface area contributed by atoms with Crippen LogP contribution in [-0.2, 0) is 6.54 Å². The number of rotatable bonds is 4. The number of benzene rings is 1. The van der Waals surface area contributed by atoms with Crippen molar-refractivity contribution in [3.8, 4) is 0 Å². The van der Waals surface area contributed by atoms with Crippen molar-refractivity contribution in [1.29, 1.82) is 0 Å². The van der Waals surface area contributed by atoms with E-state index in [-0.39, 0.29) is 5.92 Å². The fourth-order valence-electron chi connectivity index (χ4n) is 3.50. The van der Waals surface area contributed by atoms with Crippen LogP contribution >= 0.6 is 0 Å². The summed E-state index contributed by atoms with van der Waals surface area (Å²) in [4.78, 5) is 0. The summed E-state index contributed by atoms with van der Waals surface area (Å²) in [5.74, 6) is 1.84. The lowest BCUT2D eigenvalue weighted by Crippen LogP contribution is -2.18. The maximum atomic E-state index is 12.9. The highest BCUT2D eigenvalue weighted by Gasteiger charge is 2.40. The number of hydrogen-bond donors (Lipinski definition) is 0. The molecule has 1 aromatic heterocycles. The Morgan fingerprint density at radius 3 is 2.43 bits per heavy atom. The van der Waals surface area contributed by atoms with E-state index in [1.807, 2.05) is 26.0 Å². The van der Waals surface area contributed by atoms with Gasteiger partial charge in [-0.2, -0.15) is 18.3 Å². The highest BCUT2D eigenvalue weighted by Crippen LogP contribution is 2.52. The van der Waals surface area contributed by atoms with Gasteiger partial charge in [-0.1, -0.05) is 39.8 Å². The first-order chi connectivity index (χ1) is 10.7. The third-order valence-corrected chi connectivity index (χ3v) is 4.80. The van der Waals surface area contributed by atoms with E-state index in [0.717, 1.165) is 27.7 Å². The lowest BCUT2D eigenvalue weighted by atomic mass is 10.00. The topological polar surface area (TPSA) is 17.8 Å². The summed E-state index contributed by atoms with van der Waals surface area (Å²) < 4.78 is 39.7. The van der Waals surface area contributed by atoms with Gasteiger partial charge in [0.15, 0.2) is 0 Å². The van der Waals surface area contributed by atoms with Gasteiger partial charge in [0, 0.05) is 5.39 Å². The molecule has 1 fully saturated rings. The zero-order valence-corrected chi connectivity index (χ0v) is 14.0. The third kappa shape index (κ3) is 3.24. The SMILES string of the molecule is CC(C)c1nn(CC(F)(F)F)c2cc([C@H]3CC3C(C)C)ccc12. The first kappa shape index (κ1) is 16.3. The lowest BCUT2D eigenvalue weighted by molar-refractivity contribution is -0.141. The molecular formula is C18H23F3N2. The molecule has 0 N–H and O–H groups in total. The van der Waals surface area contributed by atoms with E-state index in [1.54, 1.807) is 0 Å². The van der Waals surface area contributed by atoms with Crippen molar-refractivity contribution >= 4 is 10.9 Å². The van der Waals surface area contributed by atoms with E-state index in [9.17, 15) is 13.2 Å². The van der Waals surface area contributed by atoms with E-state index in [4.69, 9.17) is 0 Å². The molecular weight excluding hydrogens is 301 g/mol. The molecule has 2 nitrogen and oxygen atoms in total. The minimum absolute atomic E-state index is 0.0992. The van der Waals surface area contributed by atoms with Crippen LogP contribution in [0.5, 0.6) is 0 Å². The number of fused-ring (bicyclic) bond motifs is 1. The lowest BCUT2D eigenvalue weighted by Gasteiger charge is -2.09. The van der Waals surface area contributed by atoms with Crippen LogP contribution in [0.2, 0.25) is 0 Å². The second-order valence-electron chi connectivity index (χ2n) is 7.34. The van der Waals surface area contributed by atoms with Crippen molar-refractivity contribution < 1.29 is 13.2 Å². The third-order valence-electron chi connectivity index (χ3n) is 4.80. The molecule has 1 unspecified atom stereocenters. The molecule has 0 bridgehead atoms. The van der Waals surface area contributed by atoms with Gasteiger partial charge in [-0.25, -0.2) is 0 Å². The quantitative estimate of drug-likeness (QED) is 0.728. The van der Waals surface area contributed by atoms with Gasteiger partial charge in [0.05, 0.1) is 11.2 Å². The molecule has 1 aliphatic rings.